The van der Waals surface area contributed by atoms with E-state index in [1.54, 1.807) is 24.3 Å². The highest BCUT2D eigenvalue weighted by Gasteiger charge is 2.23. The first-order valence-corrected chi connectivity index (χ1v) is 9.12. The van der Waals surface area contributed by atoms with Gasteiger partial charge in [-0.25, -0.2) is 4.79 Å². The SMILES string of the molecule is Cc1[nH]c2ccccc2c1CC(=O)Nc1ccc(NC(=O)NC2CC2)cc1. The molecule has 1 aromatic heterocycles. The highest BCUT2D eigenvalue weighted by atomic mass is 16.2. The second kappa shape index (κ2) is 7.15. The van der Waals surface area contributed by atoms with Gasteiger partial charge in [-0.1, -0.05) is 18.2 Å². The zero-order valence-corrected chi connectivity index (χ0v) is 15.1. The predicted molar refractivity (Wildman–Crippen MR) is 107 cm³/mol. The lowest BCUT2D eigenvalue weighted by Gasteiger charge is -2.09. The minimum absolute atomic E-state index is 0.0740. The first-order valence-electron chi connectivity index (χ1n) is 9.12. The number of H-pyrrole nitrogens is 1. The molecule has 6 heteroatoms. The van der Waals surface area contributed by atoms with E-state index in [-0.39, 0.29) is 11.9 Å². The van der Waals surface area contributed by atoms with E-state index in [1.807, 2.05) is 31.2 Å². The van der Waals surface area contributed by atoms with Gasteiger partial charge in [0, 0.05) is 34.0 Å². The largest absolute Gasteiger partial charge is 0.358 e. The lowest BCUT2D eigenvalue weighted by Crippen LogP contribution is -2.30. The van der Waals surface area contributed by atoms with Crippen molar-refractivity contribution in [1.29, 1.82) is 0 Å². The Morgan fingerprint density at radius 2 is 1.67 bits per heavy atom. The number of aromatic amines is 1. The third-order valence-corrected chi connectivity index (χ3v) is 4.70. The molecule has 0 bridgehead atoms. The fraction of sp³-hybridized carbons (Fsp3) is 0.238. The highest BCUT2D eigenvalue weighted by molar-refractivity contribution is 5.96. The van der Waals surface area contributed by atoms with Crippen molar-refractivity contribution in [3.63, 3.8) is 0 Å². The molecule has 0 radical (unpaired) electrons. The summed E-state index contributed by atoms with van der Waals surface area (Å²) in [6, 6.07) is 15.2. The molecule has 4 N–H and O–H groups in total. The van der Waals surface area contributed by atoms with Gasteiger partial charge in [-0.05, 0) is 55.7 Å². The molecule has 1 fully saturated rings. The molecule has 0 aliphatic heterocycles. The zero-order valence-electron chi connectivity index (χ0n) is 15.1. The number of benzene rings is 2. The average molecular weight is 362 g/mol. The van der Waals surface area contributed by atoms with Crippen LogP contribution in [-0.4, -0.2) is 23.0 Å². The van der Waals surface area contributed by atoms with E-state index < -0.39 is 0 Å². The number of hydrogen-bond acceptors (Lipinski definition) is 2. The predicted octanol–water partition coefficient (Wildman–Crippen LogP) is 3.94. The first kappa shape index (κ1) is 17.1. The molecular weight excluding hydrogens is 340 g/mol. The van der Waals surface area contributed by atoms with Gasteiger partial charge < -0.3 is 20.9 Å². The fourth-order valence-corrected chi connectivity index (χ4v) is 3.15. The molecule has 0 atom stereocenters. The maximum absolute atomic E-state index is 12.5. The van der Waals surface area contributed by atoms with E-state index >= 15 is 0 Å². The summed E-state index contributed by atoms with van der Waals surface area (Å²) in [4.78, 5) is 27.5. The number of rotatable bonds is 5. The number of nitrogens with one attached hydrogen (secondary N) is 4. The van der Waals surface area contributed by atoms with Gasteiger partial charge in [0.05, 0.1) is 6.42 Å². The summed E-state index contributed by atoms with van der Waals surface area (Å²) >= 11 is 0. The van der Waals surface area contributed by atoms with Crippen molar-refractivity contribution in [2.24, 2.45) is 0 Å². The number of fused-ring (bicyclic) bond motifs is 1. The van der Waals surface area contributed by atoms with E-state index in [4.69, 9.17) is 0 Å². The number of urea groups is 1. The smallest absolute Gasteiger partial charge is 0.319 e. The third kappa shape index (κ3) is 4.11. The van der Waals surface area contributed by atoms with Crippen LogP contribution in [0.5, 0.6) is 0 Å². The maximum Gasteiger partial charge on any atom is 0.319 e. The van der Waals surface area contributed by atoms with Crippen molar-refractivity contribution < 1.29 is 9.59 Å². The molecule has 0 spiro atoms. The molecular formula is C21H22N4O2. The molecule has 27 heavy (non-hydrogen) atoms. The van der Waals surface area contributed by atoms with Gasteiger partial charge in [-0.3, -0.25) is 4.79 Å². The number of carbonyl (C=O) groups is 2. The van der Waals surface area contributed by atoms with Crippen molar-refractivity contribution in [2.45, 2.75) is 32.2 Å². The second-order valence-corrected chi connectivity index (χ2v) is 6.95. The Labute approximate surface area is 157 Å². The van der Waals surface area contributed by atoms with Crippen LogP contribution in [0.2, 0.25) is 0 Å². The zero-order chi connectivity index (χ0) is 18.8. The van der Waals surface area contributed by atoms with Gasteiger partial charge in [0.2, 0.25) is 5.91 Å². The molecule has 0 unspecified atom stereocenters. The summed E-state index contributed by atoms with van der Waals surface area (Å²) in [5.74, 6) is -0.0740. The van der Waals surface area contributed by atoms with Gasteiger partial charge >= 0.3 is 6.03 Å². The van der Waals surface area contributed by atoms with Gasteiger partial charge in [-0.15, -0.1) is 0 Å². The average Bonchev–Trinajstić information content (AvgIpc) is 3.40. The Balaban J connectivity index is 1.37. The van der Waals surface area contributed by atoms with Gasteiger partial charge in [-0.2, -0.15) is 0 Å². The van der Waals surface area contributed by atoms with Gasteiger partial charge in [0.25, 0.3) is 0 Å². The van der Waals surface area contributed by atoms with E-state index in [9.17, 15) is 9.59 Å². The molecule has 3 amide bonds. The van der Waals surface area contributed by atoms with Crippen molar-refractivity contribution in [3.05, 3.63) is 59.8 Å². The summed E-state index contributed by atoms with van der Waals surface area (Å²) in [6.07, 6.45) is 2.40. The Morgan fingerprint density at radius 1 is 1.00 bits per heavy atom. The van der Waals surface area contributed by atoms with Crippen LogP contribution in [0.25, 0.3) is 10.9 Å². The number of para-hydroxylation sites is 1. The Kier molecular flexibility index (Phi) is 4.54. The molecule has 1 heterocycles. The Hall–Kier alpha value is -3.28. The van der Waals surface area contributed by atoms with Crippen molar-refractivity contribution in [1.82, 2.24) is 10.3 Å². The monoisotopic (exact) mass is 362 g/mol. The molecule has 4 rings (SSSR count). The van der Waals surface area contributed by atoms with Crippen molar-refractivity contribution in [3.8, 4) is 0 Å². The molecule has 1 saturated carbocycles. The molecule has 138 valence electrons. The van der Waals surface area contributed by atoms with Crippen LogP contribution in [-0.2, 0) is 11.2 Å². The molecule has 0 saturated heterocycles. The van der Waals surface area contributed by atoms with Crippen LogP contribution in [0.15, 0.2) is 48.5 Å². The third-order valence-electron chi connectivity index (χ3n) is 4.70. The summed E-state index contributed by atoms with van der Waals surface area (Å²) in [5.41, 5.74) is 4.45. The summed E-state index contributed by atoms with van der Waals surface area (Å²) < 4.78 is 0. The second-order valence-electron chi connectivity index (χ2n) is 6.95. The standard InChI is InChI=1S/C21H22N4O2/c1-13-18(17-4-2-3-5-19(17)22-13)12-20(26)23-14-6-8-15(9-7-14)24-21(27)25-16-10-11-16/h2-9,16,22H,10-12H2,1H3,(H,23,26)(H2,24,25,27). The summed E-state index contributed by atoms with van der Waals surface area (Å²) in [7, 11) is 0. The number of hydrogen-bond donors (Lipinski definition) is 4. The van der Waals surface area contributed by atoms with E-state index in [2.05, 4.69) is 20.9 Å². The van der Waals surface area contributed by atoms with Crippen LogP contribution in [0.3, 0.4) is 0 Å². The molecule has 6 nitrogen and oxygen atoms in total. The summed E-state index contributed by atoms with van der Waals surface area (Å²) in [5, 5.41) is 9.65. The minimum atomic E-state index is -0.191. The molecule has 1 aliphatic rings. The van der Waals surface area contributed by atoms with Crippen molar-refractivity contribution in [2.75, 3.05) is 10.6 Å². The molecule has 2 aromatic carbocycles. The topological polar surface area (TPSA) is 86.0 Å². The lowest BCUT2D eigenvalue weighted by molar-refractivity contribution is -0.115. The Bertz CT molecular complexity index is 987. The van der Waals surface area contributed by atoms with Crippen LogP contribution >= 0.6 is 0 Å². The maximum atomic E-state index is 12.5. The van der Waals surface area contributed by atoms with Crippen LogP contribution in [0.1, 0.15) is 24.1 Å². The van der Waals surface area contributed by atoms with Crippen molar-refractivity contribution >= 4 is 34.2 Å². The number of aromatic nitrogens is 1. The first-order chi connectivity index (χ1) is 13.1. The number of carbonyl (C=O) groups excluding carboxylic acids is 2. The fourth-order valence-electron chi connectivity index (χ4n) is 3.15. The number of amides is 3. The van der Waals surface area contributed by atoms with Crippen LogP contribution < -0.4 is 16.0 Å². The minimum Gasteiger partial charge on any atom is -0.358 e. The van der Waals surface area contributed by atoms with Crippen LogP contribution in [0, 0.1) is 6.92 Å². The van der Waals surface area contributed by atoms with E-state index in [0.29, 0.717) is 23.8 Å². The van der Waals surface area contributed by atoms with E-state index in [0.717, 1.165) is 35.0 Å². The highest BCUT2D eigenvalue weighted by Crippen LogP contribution is 2.23. The lowest BCUT2D eigenvalue weighted by atomic mass is 10.1. The van der Waals surface area contributed by atoms with Gasteiger partial charge in [0.15, 0.2) is 0 Å². The Morgan fingerprint density at radius 3 is 2.37 bits per heavy atom. The quantitative estimate of drug-likeness (QED) is 0.554. The molecule has 1 aliphatic carbocycles. The molecule has 3 aromatic rings. The summed E-state index contributed by atoms with van der Waals surface area (Å²) in [6.45, 7) is 1.98. The van der Waals surface area contributed by atoms with E-state index in [1.165, 1.54) is 0 Å². The number of anilines is 2. The normalized spacial score (nSPS) is 13.4. The number of aryl methyl sites for hydroxylation is 1. The van der Waals surface area contributed by atoms with Crippen LogP contribution in [0.4, 0.5) is 16.2 Å². The van der Waals surface area contributed by atoms with Gasteiger partial charge in [0.1, 0.15) is 0 Å².